The summed E-state index contributed by atoms with van der Waals surface area (Å²) in [5, 5.41) is 0. The Hall–Kier alpha value is -1.60. The van der Waals surface area contributed by atoms with E-state index in [-0.39, 0.29) is 0 Å². The zero-order valence-electron chi connectivity index (χ0n) is 12.3. The van der Waals surface area contributed by atoms with Crippen LogP contribution in [0.2, 0.25) is 0 Å². The van der Waals surface area contributed by atoms with Gasteiger partial charge in [-0.25, -0.2) is 0 Å². The first-order valence-corrected chi connectivity index (χ1v) is 7.19. The van der Waals surface area contributed by atoms with E-state index in [9.17, 15) is 0 Å². The van der Waals surface area contributed by atoms with Gasteiger partial charge in [0.15, 0.2) is 0 Å². The number of nitrogens with zero attached hydrogens (tertiary/aromatic N) is 1. The van der Waals surface area contributed by atoms with Crippen LogP contribution in [0.4, 0.5) is 11.4 Å². The summed E-state index contributed by atoms with van der Waals surface area (Å²) >= 11 is 0. The van der Waals surface area contributed by atoms with Gasteiger partial charge in [-0.05, 0) is 36.1 Å². The molecule has 0 aromatic heterocycles. The lowest BCUT2D eigenvalue weighted by Crippen LogP contribution is -2.31. The molecule has 0 amide bonds. The Bertz CT molecular complexity index is 583. The van der Waals surface area contributed by atoms with Crippen LogP contribution >= 0.6 is 0 Å². The van der Waals surface area contributed by atoms with E-state index in [2.05, 4.69) is 64.3 Å². The number of benzene rings is 2. The summed E-state index contributed by atoms with van der Waals surface area (Å²) in [7, 11) is 4.56. The van der Waals surface area contributed by atoms with Crippen molar-refractivity contribution in [3.8, 4) is 11.1 Å². The molecule has 19 heavy (non-hydrogen) atoms. The first-order chi connectivity index (χ1) is 9.07. The van der Waals surface area contributed by atoms with Gasteiger partial charge in [0.1, 0.15) is 11.4 Å². The minimum Gasteiger partial charge on any atom is -0.263 e. The van der Waals surface area contributed by atoms with Crippen molar-refractivity contribution in [1.82, 2.24) is 4.48 Å². The van der Waals surface area contributed by atoms with Crippen LogP contribution in [0.1, 0.15) is 25.0 Å². The molecule has 3 rings (SSSR count). The SMILES string of the molecule is CCc1ccc2c(c1)-c1cc(CC)ccc1[N+]2(C)C. The van der Waals surface area contributed by atoms with Crippen LogP contribution in [0.25, 0.3) is 11.1 Å². The summed E-state index contributed by atoms with van der Waals surface area (Å²) in [5.74, 6) is 0. The van der Waals surface area contributed by atoms with Crippen LogP contribution in [-0.2, 0) is 12.8 Å². The molecule has 0 fully saturated rings. The van der Waals surface area contributed by atoms with Crippen LogP contribution in [0.3, 0.4) is 0 Å². The third-order valence-electron chi connectivity index (χ3n) is 4.43. The van der Waals surface area contributed by atoms with Gasteiger partial charge in [-0.15, -0.1) is 0 Å². The van der Waals surface area contributed by atoms with Gasteiger partial charge in [-0.2, -0.15) is 0 Å². The van der Waals surface area contributed by atoms with Crippen LogP contribution in [-0.4, -0.2) is 14.1 Å². The van der Waals surface area contributed by atoms with E-state index < -0.39 is 0 Å². The second-order valence-corrected chi connectivity index (χ2v) is 5.86. The summed E-state index contributed by atoms with van der Waals surface area (Å²) in [4.78, 5) is 0. The van der Waals surface area contributed by atoms with Gasteiger partial charge >= 0.3 is 0 Å². The van der Waals surface area contributed by atoms with Gasteiger partial charge in [-0.3, -0.25) is 4.48 Å². The first-order valence-electron chi connectivity index (χ1n) is 7.19. The van der Waals surface area contributed by atoms with Crippen LogP contribution in [0, 0.1) is 0 Å². The van der Waals surface area contributed by atoms with Gasteiger partial charge in [0.2, 0.25) is 0 Å². The summed E-state index contributed by atoms with van der Waals surface area (Å²) in [6, 6.07) is 13.9. The zero-order chi connectivity index (χ0) is 13.6. The van der Waals surface area contributed by atoms with Gasteiger partial charge < -0.3 is 0 Å². The Balaban J connectivity index is 2.29. The largest absolute Gasteiger partial charge is 0.263 e. The molecule has 1 aliphatic rings. The van der Waals surface area contributed by atoms with Crippen molar-refractivity contribution < 1.29 is 0 Å². The second kappa shape index (κ2) is 4.21. The van der Waals surface area contributed by atoms with E-state index in [4.69, 9.17) is 0 Å². The number of aryl methyl sites for hydroxylation is 2. The maximum absolute atomic E-state index is 2.38. The molecular weight excluding hydrogens is 230 g/mol. The lowest BCUT2D eigenvalue weighted by atomic mass is 10.00. The molecule has 0 unspecified atom stereocenters. The summed E-state index contributed by atoms with van der Waals surface area (Å²) in [5.41, 5.74) is 8.53. The Labute approximate surface area is 116 Å². The van der Waals surface area contributed by atoms with Crippen LogP contribution in [0.5, 0.6) is 0 Å². The molecular formula is C18H22N+. The Morgan fingerprint density at radius 3 is 1.53 bits per heavy atom. The van der Waals surface area contributed by atoms with E-state index in [1.807, 2.05) is 0 Å². The molecule has 2 aromatic rings. The third-order valence-corrected chi connectivity index (χ3v) is 4.43. The first kappa shape index (κ1) is 12.4. The van der Waals surface area contributed by atoms with E-state index in [1.165, 1.54) is 33.6 Å². The molecule has 0 aliphatic carbocycles. The fourth-order valence-corrected chi connectivity index (χ4v) is 3.14. The van der Waals surface area contributed by atoms with Gasteiger partial charge in [0.25, 0.3) is 0 Å². The van der Waals surface area contributed by atoms with E-state index in [0.717, 1.165) is 17.3 Å². The number of fused-ring (bicyclic) bond motifs is 3. The molecule has 0 N–H and O–H groups in total. The highest BCUT2D eigenvalue weighted by Crippen LogP contribution is 2.51. The standard InChI is InChI=1S/C18H22N/c1-5-13-7-9-17-15(11-13)16-12-14(6-2)8-10-18(16)19(17,3)4/h7-12H,5-6H2,1-4H3/q+1. The molecule has 0 atom stereocenters. The summed E-state index contributed by atoms with van der Waals surface area (Å²) < 4.78 is 0.860. The second-order valence-electron chi connectivity index (χ2n) is 5.86. The van der Waals surface area contributed by atoms with E-state index in [1.54, 1.807) is 0 Å². The quantitative estimate of drug-likeness (QED) is 0.680. The Morgan fingerprint density at radius 1 is 0.737 bits per heavy atom. The number of hydrogen-bond donors (Lipinski definition) is 0. The summed E-state index contributed by atoms with van der Waals surface area (Å²) in [6.45, 7) is 4.44. The molecule has 0 spiro atoms. The molecule has 0 saturated heterocycles. The average Bonchev–Trinajstić information content (AvgIpc) is 2.66. The van der Waals surface area contributed by atoms with Gasteiger partial charge in [-0.1, -0.05) is 26.0 Å². The molecule has 1 aliphatic heterocycles. The highest BCUT2D eigenvalue weighted by Gasteiger charge is 2.36. The van der Waals surface area contributed by atoms with Crippen molar-refractivity contribution >= 4 is 11.4 Å². The maximum Gasteiger partial charge on any atom is 0.145 e. The normalized spacial score (nSPS) is 15.2. The highest BCUT2D eigenvalue weighted by atomic mass is 15.3. The van der Waals surface area contributed by atoms with Crippen molar-refractivity contribution in [2.75, 3.05) is 14.1 Å². The lowest BCUT2D eigenvalue weighted by Gasteiger charge is -2.25. The van der Waals surface area contributed by atoms with Gasteiger partial charge in [0, 0.05) is 23.3 Å². The lowest BCUT2D eigenvalue weighted by molar-refractivity contribution is 0.568. The maximum atomic E-state index is 2.38. The topological polar surface area (TPSA) is 0 Å². The Morgan fingerprint density at radius 2 is 1.16 bits per heavy atom. The molecule has 2 aromatic carbocycles. The molecule has 98 valence electrons. The van der Waals surface area contributed by atoms with Crippen molar-refractivity contribution in [2.45, 2.75) is 26.7 Å². The predicted molar refractivity (Wildman–Crippen MR) is 83.9 cm³/mol. The fourth-order valence-electron chi connectivity index (χ4n) is 3.14. The highest BCUT2D eigenvalue weighted by molar-refractivity contribution is 5.94. The smallest absolute Gasteiger partial charge is 0.145 e. The van der Waals surface area contributed by atoms with Crippen molar-refractivity contribution in [3.63, 3.8) is 0 Å². The predicted octanol–water partition coefficient (Wildman–Crippen LogP) is 4.69. The number of quaternary nitrogens is 1. The molecule has 0 radical (unpaired) electrons. The van der Waals surface area contributed by atoms with Crippen molar-refractivity contribution in [1.29, 1.82) is 0 Å². The van der Waals surface area contributed by atoms with Crippen molar-refractivity contribution in [3.05, 3.63) is 47.5 Å². The molecule has 0 saturated carbocycles. The fraction of sp³-hybridized carbons (Fsp3) is 0.333. The number of hydrogen-bond acceptors (Lipinski definition) is 0. The molecule has 1 heteroatoms. The van der Waals surface area contributed by atoms with E-state index >= 15 is 0 Å². The molecule has 0 bridgehead atoms. The minimum atomic E-state index is 0.860. The monoisotopic (exact) mass is 252 g/mol. The van der Waals surface area contributed by atoms with Crippen molar-refractivity contribution in [2.24, 2.45) is 0 Å². The number of rotatable bonds is 2. The zero-order valence-corrected chi connectivity index (χ0v) is 12.3. The summed E-state index contributed by atoms with van der Waals surface area (Å²) in [6.07, 6.45) is 2.20. The molecule has 1 heterocycles. The average molecular weight is 252 g/mol. The Kier molecular flexibility index (Phi) is 2.75. The van der Waals surface area contributed by atoms with Gasteiger partial charge in [0.05, 0.1) is 14.1 Å². The minimum absolute atomic E-state index is 0.860. The molecule has 1 nitrogen and oxygen atoms in total. The van der Waals surface area contributed by atoms with E-state index in [0.29, 0.717) is 0 Å². The van der Waals surface area contributed by atoms with Crippen LogP contribution in [0.15, 0.2) is 36.4 Å². The third kappa shape index (κ3) is 1.73. The van der Waals surface area contributed by atoms with Crippen LogP contribution < -0.4 is 4.48 Å².